The van der Waals surface area contributed by atoms with Crippen LogP contribution >= 0.6 is 12.2 Å². The highest BCUT2D eigenvalue weighted by Crippen LogP contribution is 2.22. The van der Waals surface area contributed by atoms with E-state index in [-0.39, 0.29) is 24.9 Å². The number of carbonyl (C=O) groups is 2. The Labute approximate surface area is 198 Å². The lowest BCUT2D eigenvalue weighted by Crippen LogP contribution is -2.42. The normalized spacial score (nSPS) is 12.6. The summed E-state index contributed by atoms with van der Waals surface area (Å²) < 4.78 is 0. The van der Waals surface area contributed by atoms with Gasteiger partial charge in [-0.2, -0.15) is 0 Å². The molecule has 0 fully saturated rings. The van der Waals surface area contributed by atoms with E-state index in [1.807, 2.05) is 55.5 Å². The molecule has 3 aromatic carbocycles. The molecule has 0 radical (unpaired) electrons. The van der Waals surface area contributed by atoms with E-state index >= 15 is 0 Å². The van der Waals surface area contributed by atoms with Gasteiger partial charge in [-0.15, -0.1) is 0 Å². The summed E-state index contributed by atoms with van der Waals surface area (Å²) in [5, 5.41) is 5.09. The molecule has 1 heterocycles. The fourth-order valence-corrected chi connectivity index (χ4v) is 3.85. The molecule has 7 heteroatoms. The molecule has 0 spiro atoms. The molecule has 0 saturated heterocycles. The smallest absolute Gasteiger partial charge is 0.261 e. The molecule has 1 N–H and O–H groups in total. The molecule has 2 amide bonds. The maximum atomic E-state index is 12.7. The highest BCUT2D eigenvalue weighted by Gasteiger charge is 2.35. The van der Waals surface area contributed by atoms with Crippen LogP contribution in [0.1, 0.15) is 37.4 Å². The zero-order valence-corrected chi connectivity index (χ0v) is 19.4. The first-order valence-corrected chi connectivity index (χ1v) is 11.1. The molecule has 33 heavy (non-hydrogen) atoms. The number of nitrogens with zero attached hydrogens (tertiary/aromatic N) is 2. The second-order valence-corrected chi connectivity index (χ2v) is 8.28. The summed E-state index contributed by atoms with van der Waals surface area (Å²) in [5.41, 5.74) is 5.01. The molecule has 0 aromatic heterocycles. The van der Waals surface area contributed by atoms with Gasteiger partial charge in [-0.3, -0.25) is 19.3 Å². The van der Waals surface area contributed by atoms with Crippen molar-refractivity contribution in [2.24, 2.45) is 0 Å². The van der Waals surface area contributed by atoms with Gasteiger partial charge < -0.3 is 5.32 Å². The van der Waals surface area contributed by atoms with Crippen LogP contribution in [0.2, 0.25) is 0 Å². The second-order valence-electron chi connectivity index (χ2n) is 7.90. The number of imide groups is 1. The Balaban J connectivity index is 1.47. The van der Waals surface area contributed by atoms with E-state index in [1.54, 1.807) is 24.3 Å². The van der Waals surface area contributed by atoms with Crippen molar-refractivity contribution in [3.63, 3.8) is 0 Å². The van der Waals surface area contributed by atoms with Crippen LogP contribution in [0.4, 0.5) is 5.69 Å². The monoisotopic (exact) mass is 459 g/mol. The lowest BCUT2D eigenvalue weighted by atomic mass is 10.1. The topological polar surface area (TPSA) is 61.9 Å². The summed E-state index contributed by atoms with van der Waals surface area (Å²) in [5.74, 6) is -0.599. The van der Waals surface area contributed by atoms with E-state index in [4.69, 9.17) is 17.1 Å². The molecule has 3 aromatic rings. The summed E-state index contributed by atoms with van der Waals surface area (Å²) >= 11 is 5.62. The Kier molecular flexibility index (Phi) is 6.82. The van der Waals surface area contributed by atoms with Crippen molar-refractivity contribution in [2.45, 2.75) is 20.5 Å². The molecule has 0 aliphatic carbocycles. The van der Waals surface area contributed by atoms with Crippen LogP contribution in [0.5, 0.6) is 0 Å². The molecule has 168 valence electrons. The quantitative estimate of drug-likeness (QED) is 0.313. The average Bonchev–Trinajstić information content (AvgIpc) is 3.07. The molecule has 1 aliphatic heterocycles. The number of nitrogens with one attached hydrogen (secondary N) is 1. The maximum absolute atomic E-state index is 12.7. The standard InChI is InChI=1S/C26H25N3O3S/c1-18-12-13-21(16-19(18)2)27-26(33)29(32-17-20-8-4-3-5-9-20)15-14-28-24(30)22-10-6-7-11-23(22)25(28)31/h3-13,16H,14-15,17H2,1-2H3,(H,27,33). The van der Waals surface area contributed by atoms with Crippen molar-refractivity contribution < 1.29 is 14.4 Å². The van der Waals surface area contributed by atoms with E-state index in [0.717, 1.165) is 16.8 Å². The minimum absolute atomic E-state index is 0.149. The van der Waals surface area contributed by atoms with Gasteiger partial charge in [0.15, 0.2) is 5.11 Å². The number of amides is 2. The number of hydrogen-bond acceptors (Lipinski definition) is 4. The predicted octanol–water partition coefficient (Wildman–Crippen LogP) is 4.73. The van der Waals surface area contributed by atoms with Crippen molar-refractivity contribution in [3.05, 3.63) is 101 Å². The van der Waals surface area contributed by atoms with Gasteiger partial charge in [0.2, 0.25) is 0 Å². The number of carbonyl (C=O) groups excluding carboxylic acids is 2. The van der Waals surface area contributed by atoms with Crippen LogP contribution < -0.4 is 5.32 Å². The number of hydrogen-bond donors (Lipinski definition) is 1. The van der Waals surface area contributed by atoms with Crippen LogP contribution in [0.3, 0.4) is 0 Å². The van der Waals surface area contributed by atoms with Crippen LogP contribution in [-0.4, -0.2) is 40.0 Å². The number of rotatable bonds is 7. The third kappa shape index (κ3) is 5.10. The zero-order valence-electron chi connectivity index (χ0n) is 18.6. The Morgan fingerprint density at radius 1 is 0.909 bits per heavy atom. The number of aryl methyl sites for hydroxylation is 2. The predicted molar refractivity (Wildman–Crippen MR) is 132 cm³/mol. The van der Waals surface area contributed by atoms with E-state index in [1.165, 1.54) is 15.5 Å². The molecule has 0 atom stereocenters. The van der Waals surface area contributed by atoms with Gasteiger partial charge in [0, 0.05) is 12.2 Å². The summed E-state index contributed by atoms with van der Waals surface area (Å²) in [6, 6.07) is 22.6. The van der Waals surface area contributed by atoms with Gasteiger partial charge in [-0.05, 0) is 67.0 Å². The van der Waals surface area contributed by atoms with E-state index < -0.39 is 0 Å². The lowest BCUT2D eigenvalue weighted by molar-refractivity contribution is -0.110. The van der Waals surface area contributed by atoms with Gasteiger partial charge >= 0.3 is 0 Å². The molecule has 0 saturated carbocycles. The van der Waals surface area contributed by atoms with E-state index in [2.05, 4.69) is 12.2 Å². The first kappa shape index (κ1) is 22.6. The SMILES string of the molecule is Cc1ccc(NC(=S)N(CCN2C(=O)c3ccccc3C2=O)OCc2ccccc2)cc1C. The Bertz CT molecular complexity index is 1160. The van der Waals surface area contributed by atoms with Crippen LogP contribution in [0, 0.1) is 13.8 Å². The third-order valence-corrected chi connectivity index (χ3v) is 5.93. The Morgan fingerprint density at radius 3 is 2.18 bits per heavy atom. The van der Waals surface area contributed by atoms with Gasteiger partial charge in [-0.25, -0.2) is 5.06 Å². The zero-order chi connectivity index (χ0) is 23.4. The third-order valence-electron chi connectivity index (χ3n) is 5.62. The minimum Gasteiger partial charge on any atom is -0.331 e. The Morgan fingerprint density at radius 2 is 1.55 bits per heavy atom. The van der Waals surface area contributed by atoms with Gasteiger partial charge in [0.05, 0.1) is 17.7 Å². The number of fused-ring (bicyclic) bond motifs is 1. The fourth-order valence-electron chi connectivity index (χ4n) is 3.59. The second kappa shape index (κ2) is 9.94. The van der Waals surface area contributed by atoms with Crippen molar-refractivity contribution in [1.82, 2.24) is 9.96 Å². The van der Waals surface area contributed by atoms with Crippen molar-refractivity contribution in [1.29, 1.82) is 0 Å². The highest BCUT2D eigenvalue weighted by molar-refractivity contribution is 7.80. The molecule has 0 bridgehead atoms. The number of benzene rings is 3. The molecule has 6 nitrogen and oxygen atoms in total. The van der Waals surface area contributed by atoms with E-state index in [9.17, 15) is 9.59 Å². The van der Waals surface area contributed by atoms with Crippen molar-refractivity contribution in [2.75, 3.05) is 18.4 Å². The van der Waals surface area contributed by atoms with Gasteiger partial charge in [0.1, 0.15) is 6.61 Å². The molecule has 0 unspecified atom stereocenters. The molecule has 1 aliphatic rings. The van der Waals surface area contributed by atoms with Crippen molar-refractivity contribution >= 4 is 34.8 Å². The maximum Gasteiger partial charge on any atom is 0.261 e. The van der Waals surface area contributed by atoms with Crippen LogP contribution in [-0.2, 0) is 11.4 Å². The van der Waals surface area contributed by atoms with Gasteiger partial charge in [0.25, 0.3) is 11.8 Å². The minimum atomic E-state index is -0.299. The van der Waals surface area contributed by atoms with Crippen molar-refractivity contribution in [3.8, 4) is 0 Å². The summed E-state index contributed by atoms with van der Waals surface area (Å²) in [6.45, 7) is 4.77. The highest BCUT2D eigenvalue weighted by atomic mass is 32.1. The van der Waals surface area contributed by atoms with Gasteiger partial charge in [-0.1, -0.05) is 48.5 Å². The molecular formula is C26H25N3O3S. The summed E-state index contributed by atoms with van der Waals surface area (Å²) in [7, 11) is 0. The van der Waals surface area contributed by atoms with Crippen LogP contribution in [0.15, 0.2) is 72.8 Å². The number of thiocarbonyl (C=S) groups is 1. The largest absolute Gasteiger partial charge is 0.331 e. The summed E-state index contributed by atoms with van der Waals surface area (Å²) in [4.78, 5) is 32.7. The van der Waals surface area contributed by atoms with E-state index in [0.29, 0.717) is 22.8 Å². The molecule has 4 rings (SSSR count). The lowest BCUT2D eigenvalue weighted by Gasteiger charge is -2.27. The average molecular weight is 460 g/mol. The fraction of sp³-hybridized carbons (Fsp3) is 0.192. The Hall–Kier alpha value is -3.55. The first-order chi connectivity index (χ1) is 15.9. The number of anilines is 1. The van der Waals surface area contributed by atoms with Crippen LogP contribution in [0.25, 0.3) is 0 Å². The first-order valence-electron chi connectivity index (χ1n) is 10.7. The molecular weight excluding hydrogens is 434 g/mol. The summed E-state index contributed by atoms with van der Waals surface area (Å²) in [6.07, 6.45) is 0. The number of hydroxylamine groups is 2.